The summed E-state index contributed by atoms with van der Waals surface area (Å²) in [4.78, 5) is 16.7. The van der Waals surface area contributed by atoms with Crippen molar-refractivity contribution < 1.29 is 4.79 Å². The summed E-state index contributed by atoms with van der Waals surface area (Å²) in [5.74, 6) is -0.0776. The van der Waals surface area contributed by atoms with E-state index in [2.05, 4.69) is 41.2 Å². The van der Waals surface area contributed by atoms with Crippen molar-refractivity contribution in [2.24, 2.45) is 7.05 Å². The van der Waals surface area contributed by atoms with E-state index in [0.29, 0.717) is 23.8 Å². The maximum atomic E-state index is 12.5. The molecule has 0 spiro atoms. The van der Waals surface area contributed by atoms with Crippen LogP contribution in [0.2, 0.25) is 5.02 Å². The zero-order chi connectivity index (χ0) is 16.4. The minimum Gasteiger partial charge on any atom is -0.335 e. The van der Waals surface area contributed by atoms with Crippen molar-refractivity contribution in [1.82, 2.24) is 19.6 Å². The maximum absolute atomic E-state index is 12.5. The normalized spacial score (nSPS) is 15.9. The molecule has 122 valence electrons. The van der Waals surface area contributed by atoms with E-state index in [0.717, 1.165) is 19.6 Å². The Labute approximate surface area is 141 Å². The van der Waals surface area contributed by atoms with Crippen LogP contribution in [0.5, 0.6) is 0 Å². The van der Waals surface area contributed by atoms with Crippen LogP contribution in [0, 0.1) is 6.92 Å². The van der Waals surface area contributed by atoms with E-state index in [9.17, 15) is 4.79 Å². The molecule has 1 aromatic carbocycles. The number of hydrogen-bond donors (Lipinski definition) is 0. The monoisotopic (exact) mass is 332 g/mol. The van der Waals surface area contributed by atoms with E-state index in [1.165, 1.54) is 11.1 Å². The molecule has 1 amide bonds. The summed E-state index contributed by atoms with van der Waals surface area (Å²) in [5, 5.41) is 4.58. The van der Waals surface area contributed by atoms with E-state index in [4.69, 9.17) is 11.6 Å². The molecule has 0 saturated carbocycles. The molecule has 23 heavy (non-hydrogen) atoms. The number of rotatable bonds is 3. The van der Waals surface area contributed by atoms with Gasteiger partial charge in [0.2, 0.25) is 0 Å². The van der Waals surface area contributed by atoms with Gasteiger partial charge < -0.3 is 4.90 Å². The fraction of sp³-hybridized carbons (Fsp3) is 0.412. The van der Waals surface area contributed by atoms with Gasteiger partial charge in [-0.05, 0) is 18.1 Å². The zero-order valence-corrected chi connectivity index (χ0v) is 14.3. The summed E-state index contributed by atoms with van der Waals surface area (Å²) in [7, 11) is 1.77. The van der Waals surface area contributed by atoms with Crippen LogP contribution >= 0.6 is 11.6 Å². The zero-order valence-electron chi connectivity index (χ0n) is 13.5. The predicted molar refractivity (Wildman–Crippen MR) is 90.6 cm³/mol. The number of benzene rings is 1. The van der Waals surface area contributed by atoms with Gasteiger partial charge in [-0.2, -0.15) is 5.10 Å². The summed E-state index contributed by atoms with van der Waals surface area (Å²) < 4.78 is 1.57. The molecule has 1 aliphatic rings. The summed E-state index contributed by atoms with van der Waals surface area (Å²) in [5.41, 5.74) is 3.01. The van der Waals surface area contributed by atoms with Gasteiger partial charge in [-0.25, -0.2) is 0 Å². The Balaban J connectivity index is 1.59. The van der Waals surface area contributed by atoms with Gasteiger partial charge in [0.1, 0.15) is 0 Å². The first-order chi connectivity index (χ1) is 11.0. The Morgan fingerprint density at radius 1 is 1.22 bits per heavy atom. The molecule has 2 aromatic rings. The molecule has 1 fully saturated rings. The number of halogens is 1. The number of aryl methyl sites for hydroxylation is 2. The molecule has 0 aliphatic carbocycles. The maximum Gasteiger partial charge on any atom is 0.276 e. The van der Waals surface area contributed by atoms with E-state index in [1.807, 2.05) is 4.90 Å². The van der Waals surface area contributed by atoms with Crippen LogP contribution in [0.4, 0.5) is 0 Å². The standard InChI is InChI=1S/C17H21ClN4O/c1-13-5-3-4-6-14(13)11-21-7-9-22(10-8-21)17(23)16-15(18)12-20(2)19-16/h3-6,12H,7-11H2,1-2H3. The molecule has 0 N–H and O–H groups in total. The number of nitrogens with zero attached hydrogens (tertiary/aromatic N) is 4. The molecule has 3 rings (SSSR count). The van der Waals surface area contributed by atoms with Crippen molar-refractivity contribution in [1.29, 1.82) is 0 Å². The smallest absolute Gasteiger partial charge is 0.276 e. The first kappa shape index (κ1) is 16.0. The van der Waals surface area contributed by atoms with Crippen LogP contribution in [-0.4, -0.2) is 51.7 Å². The van der Waals surface area contributed by atoms with Crippen molar-refractivity contribution in [3.8, 4) is 0 Å². The first-order valence-corrected chi connectivity index (χ1v) is 8.17. The van der Waals surface area contributed by atoms with Gasteiger partial charge in [0.25, 0.3) is 5.91 Å². The Bertz CT molecular complexity index is 704. The van der Waals surface area contributed by atoms with Crippen LogP contribution in [0.3, 0.4) is 0 Å². The van der Waals surface area contributed by atoms with E-state index < -0.39 is 0 Å². The lowest BCUT2D eigenvalue weighted by Crippen LogP contribution is -2.48. The average Bonchev–Trinajstić information content (AvgIpc) is 2.88. The first-order valence-electron chi connectivity index (χ1n) is 7.80. The number of carbonyl (C=O) groups excluding carboxylic acids is 1. The van der Waals surface area contributed by atoms with E-state index >= 15 is 0 Å². The summed E-state index contributed by atoms with van der Waals surface area (Å²) in [6.07, 6.45) is 1.66. The number of piperazine rings is 1. The fourth-order valence-electron chi connectivity index (χ4n) is 2.89. The minimum absolute atomic E-state index is 0.0776. The highest BCUT2D eigenvalue weighted by Gasteiger charge is 2.25. The number of carbonyl (C=O) groups is 1. The second kappa shape index (κ2) is 6.72. The van der Waals surface area contributed by atoms with E-state index in [-0.39, 0.29) is 5.91 Å². The third kappa shape index (κ3) is 3.57. The topological polar surface area (TPSA) is 41.4 Å². The lowest BCUT2D eigenvalue weighted by atomic mass is 10.1. The van der Waals surface area contributed by atoms with Crippen molar-refractivity contribution in [2.45, 2.75) is 13.5 Å². The van der Waals surface area contributed by atoms with Gasteiger partial charge in [-0.1, -0.05) is 35.9 Å². The number of hydrogen-bond acceptors (Lipinski definition) is 3. The van der Waals surface area contributed by atoms with Crippen LogP contribution in [0.15, 0.2) is 30.5 Å². The third-order valence-electron chi connectivity index (χ3n) is 4.30. The third-order valence-corrected chi connectivity index (χ3v) is 4.58. The van der Waals surface area contributed by atoms with Crippen molar-refractivity contribution >= 4 is 17.5 Å². The van der Waals surface area contributed by atoms with Crippen LogP contribution in [-0.2, 0) is 13.6 Å². The summed E-state index contributed by atoms with van der Waals surface area (Å²) in [6, 6.07) is 8.44. The number of amides is 1. The minimum atomic E-state index is -0.0776. The second-order valence-electron chi connectivity index (χ2n) is 5.99. The highest BCUT2D eigenvalue weighted by molar-refractivity contribution is 6.33. The summed E-state index contributed by atoms with van der Waals surface area (Å²) >= 11 is 6.07. The lowest BCUT2D eigenvalue weighted by molar-refractivity contribution is 0.0622. The van der Waals surface area contributed by atoms with Crippen molar-refractivity contribution in [2.75, 3.05) is 26.2 Å². The molecule has 0 bridgehead atoms. The van der Waals surface area contributed by atoms with Crippen LogP contribution < -0.4 is 0 Å². The van der Waals surface area contributed by atoms with E-state index in [1.54, 1.807) is 17.9 Å². The van der Waals surface area contributed by atoms with Gasteiger partial charge in [0.15, 0.2) is 5.69 Å². The Morgan fingerprint density at radius 3 is 2.52 bits per heavy atom. The molecule has 1 aliphatic heterocycles. The highest BCUT2D eigenvalue weighted by Crippen LogP contribution is 2.17. The molecular formula is C17H21ClN4O. The summed E-state index contributed by atoms with van der Waals surface area (Å²) in [6.45, 7) is 6.21. The quantitative estimate of drug-likeness (QED) is 0.866. The molecule has 6 heteroatoms. The molecule has 0 radical (unpaired) electrons. The Kier molecular flexibility index (Phi) is 4.68. The van der Waals surface area contributed by atoms with Crippen molar-refractivity contribution in [3.63, 3.8) is 0 Å². The Morgan fingerprint density at radius 2 is 1.91 bits per heavy atom. The van der Waals surface area contributed by atoms with Gasteiger partial charge in [0, 0.05) is 46.0 Å². The second-order valence-corrected chi connectivity index (χ2v) is 6.40. The highest BCUT2D eigenvalue weighted by atomic mass is 35.5. The molecule has 1 aromatic heterocycles. The molecule has 2 heterocycles. The van der Waals surface area contributed by atoms with Gasteiger partial charge in [0.05, 0.1) is 5.02 Å². The Hall–Kier alpha value is -1.85. The average molecular weight is 333 g/mol. The van der Waals surface area contributed by atoms with Crippen LogP contribution in [0.25, 0.3) is 0 Å². The predicted octanol–water partition coefficient (Wildman–Crippen LogP) is 2.34. The molecular weight excluding hydrogens is 312 g/mol. The van der Waals surface area contributed by atoms with Crippen molar-refractivity contribution in [3.05, 3.63) is 52.3 Å². The molecule has 1 saturated heterocycles. The molecule has 0 unspecified atom stereocenters. The largest absolute Gasteiger partial charge is 0.335 e. The number of aromatic nitrogens is 2. The van der Waals surface area contributed by atoms with Crippen LogP contribution in [0.1, 0.15) is 21.6 Å². The van der Waals surface area contributed by atoms with Gasteiger partial charge in [-0.15, -0.1) is 0 Å². The lowest BCUT2D eigenvalue weighted by Gasteiger charge is -2.34. The molecule has 0 atom stereocenters. The fourth-order valence-corrected chi connectivity index (χ4v) is 3.15. The SMILES string of the molecule is Cc1ccccc1CN1CCN(C(=O)c2nn(C)cc2Cl)CC1. The molecule has 5 nitrogen and oxygen atoms in total. The van der Waals surface area contributed by atoms with Gasteiger partial charge >= 0.3 is 0 Å². The van der Waals surface area contributed by atoms with Gasteiger partial charge in [-0.3, -0.25) is 14.4 Å².